The van der Waals surface area contributed by atoms with Crippen LogP contribution >= 0.6 is 35.2 Å². The topological polar surface area (TPSA) is 46.0 Å². The molecule has 17 heavy (non-hydrogen) atoms. The highest BCUT2D eigenvalue weighted by atomic mass is 35.5. The highest BCUT2D eigenvalue weighted by Crippen LogP contribution is 2.18. The minimum absolute atomic E-state index is 0.526. The van der Waals surface area contributed by atoms with Gasteiger partial charge in [-0.1, -0.05) is 35.1 Å². The summed E-state index contributed by atoms with van der Waals surface area (Å²) in [6.07, 6.45) is 0.764. The number of nitrogens with zero attached hydrogens (tertiary/aromatic N) is 3. The predicted octanol–water partition coefficient (Wildman–Crippen LogP) is 3.09. The van der Waals surface area contributed by atoms with E-state index in [9.17, 15) is 0 Å². The first-order chi connectivity index (χ1) is 8.22. The Kier molecular flexibility index (Phi) is 2.70. The second-order valence-corrected chi connectivity index (χ2v) is 5.39. The molecule has 0 aliphatic carbocycles. The third kappa shape index (κ3) is 2.11. The number of aromatic nitrogens is 4. The summed E-state index contributed by atoms with van der Waals surface area (Å²) in [6, 6.07) is 7.74. The van der Waals surface area contributed by atoms with E-state index in [0.717, 1.165) is 21.4 Å². The summed E-state index contributed by atoms with van der Waals surface area (Å²) >= 11 is 12.4. The molecule has 0 fully saturated rings. The van der Waals surface area contributed by atoms with E-state index in [1.165, 1.54) is 16.9 Å². The Morgan fingerprint density at radius 1 is 1.35 bits per heavy atom. The highest BCUT2D eigenvalue weighted by molar-refractivity contribution is 7.71. The molecule has 2 heterocycles. The van der Waals surface area contributed by atoms with Crippen LogP contribution in [-0.2, 0) is 6.42 Å². The van der Waals surface area contributed by atoms with Crippen LogP contribution in [0.2, 0.25) is 5.02 Å². The van der Waals surface area contributed by atoms with Gasteiger partial charge in [-0.2, -0.15) is 9.61 Å². The summed E-state index contributed by atoms with van der Waals surface area (Å²) in [5.74, 6) is 0. The average molecular weight is 283 g/mol. The molecule has 0 aliphatic heterocycles. The maximum absolute atomic E-state index is 5.84. The molecule has 3 rings (SSSR count). The molecule has 0 bridgehead atoms. The minimum Gasteiger partial charge on any atom is -0.249 e. The SMILES string of the molecule is S=c1[nH]nc2sc(Cc3ccc(Cl)cc3)nn12. The maximum atomic E-state index is 5.84. The van der Waals surface area contributed by atoms with E-state index in [-0.39, 0.29) is 0 Å². The highest BCUT2D eigenvalue weighted by Gasteiger charge is 2.07. The number of benzene rings is 1. The third-order valence-corrected chi connectivity index (χ3v) is 3.73. The molecule has 1 aromatic carbocycles. The van der Waals surface area contributed by atoms with Gasteiger partial charge in [0.15, 0.2) is 0 Å². The van der Waals surface area contributed by atoms with E-state index in [0.29, 0.717) is 4.77 Å². The van der Waals surface area contributed by atoms with E-state index < -0.39 is 0 Å². The zero-order chi connectivity index (χ0) is 11.8. The van der Waals surface area contributed by atoms with E-state index in [1.807, 2.05) is 24.3 Å². The summed E-state index contributed by atoms with van der Waals surface area (Å²) in [6.45, 7) is 0. The predicted molar refractivity (Wildman–Crippen MR) is 70.3 cm³/mol. The van der Waals surface area contributed by atoms with Crippen molar-refractivity contribution < 1.29 is 0 Å². The van der Waals surface area contributed by atoms with Gasteiger partial charge < -0.3 is 0 Å². The molecule has 0 saturated heterocycles. The van der Waals surface area contributed by atoms with Crippen molar-refractivity contribution in [1.29, 1.82) is 0 Å². The second kappa shape index (κ2) is 4.21. The molecule has 0 spiro atoms. The van der Waals surface area contributed by atoms with Gasteiger partial charge in [-0.15, -0.1) is 5.10 Å². The molecule has 0 atom stereocenters. The molecular formula is C10H7ClN4S2. The Labute approximate surface area is 111 Å². The van der Waals surface area contributed by atoms with Crippen LogP contribution < -0.4 is 0 Å². The van der Waals surface area contributed by atoms with Crippen molar-refractivity contribution >= 4 is 40.1 Å². The molecule has 7 heteroatoms. The largest absolute Gasteiger partial charge is 0.249 e. The summed E-state index contributed by atoms with van der Waals surface area (Å²) < 4.78 is 2.17. The van der Waals surface area contributed by atoms with Crippen molar-refractivity contribution in [2.24, 2.45) is 0 Å². The molecule has 4 nitrogen and oxygen atoms in total. The first-order valence-corrected chi connectivity index (χ1v) is 6.50. The quantitative estimate of drug-likeness (QED) is 0.735. The second-order valence-electron chi connectivity index (χ2n) is 3.52. The lowest BCUT2D eigenvalue weighted by atomic mass is 10.2. The number of nitrogens with one attached hydrogen (secondary N) is 1. The molecule has 2 aromatic heterocycles. The summed E-state index contributed by atoms with van der Waals surface area (Å²) in [5, 5.41) is 12.9. The van der Waals surface area contributed by atoms with Gasteiger partial charge in [-0.05, 0) is 29.9 Å². The standard InChI is InChI=1S/C10H7ClN4S2/c11-7-3-1-6(2-4-7)5-8-14-15-9(16)12-13-10(15)17-8/h1-4H,5H2,(H,12,16). The molecular weight excluding hydrogens is 276 g/mol. The number of fused-ring (bicyclic) bond motifs is 1. The fourth-order valence-electron chi connectivity index (χ4n) is 1.52. The van der Waals surface area contributed by atoms with Gasteiger partial charge in [0.25, 0.3) is 0 Å². The van der Waals surface area contributed by atoms with Crippen LogP contribution in [-0.4, -0.2) is 19.8 Å². The summed E-state index contributed by atoms with van der Waals surface area (Å²) in [5.41, 5.74) is 1.17. The molecule has 86 valence electrons. The molecule has 1 N–H and O–H groups in total. The van der Waals surface area contributed by atoms with Gasteiger partial charge >= 0.3 is 0 Å². The van der Waals surface area contributed by atoms with Crippen molar-refractivity contribution in [2.45, 2.75) is 6.42 Å². The molecule has 0 saturated carbocycles. The van der Waals surface area contributed by atoms with Gasteiger partial charge in [-0.25, -0.2) is 5.10 Å². The Hall–Kier alpha value is -1.24. The Morgan fingerprint density at radius 3 is 2.82 bits per heavy atom. The number of halogens is 1. The van der Waals surface area contributed by atoms with E-state index in [2.05, 4.69) is 15.3 Å². The normalized spacial score (nSPS) is 11.1. The van der Waals surface area contributed by atoms with Crippen LogP contribution in [0, 0.1) is 4.77 Å². The number of rotatable bonds is 2. The lowest BCUT2D eigenvalue weighted by Crippen LogP contribution is -1.90. The van der Waals surface area contributed by atoms with Gasteiger partial charge in [-0.3, -0.25) is 0 Å². The first kappa shape index (κ1) is 10.9. The Balaban J connectivity index is 1.94. The van der Waals surface area contributed by atoms with Crippen LogP contribution in [0.3, 0.4) is 0 Å². The number of hydrogen-bond acceptors (Lipinski definition) is 4. The van der Waals surface area contributed by atoms with Crippen molar-refractivity contribution in [3.63, 3.8) is 0 Å². The van der Waals surface area contributed by atoms with Gasteiger partial charge in [0.1, 0.15) is 5.01 Å². The van der Waals surface area contributed by atoms with Crippen molar-refractivity contribution in [2.75, 3.05) is 0 Å². The number of aromatic amines is 1. The summed E-state index contributed by atoms with van der Waals surface area (Å²) in [7, 11) is 0. The van der Waals surface area contributed by atoms with E-state index >= 15 is 0 Å². The zero-order valence-corrected chi connectivity index (χ0v) is 10.9. The minimum atomic E-state index is 0.526. The third-order valence-electron chi connectivity index (χ3n) is 2.31. The maximum Gasteiger partial charge on any atom is 0.233 e. The van der Waals surface area contributed by atoms with Crippen molar-refractivity contribution in [3.05, 3.63) is 44.6 Å². The average Bonchev–Trinajstić information content (AvgIpc) is 2.85. The monoisotopic (exact) mass is 282 g/mol. The first-order valence-electron chi connectivity index (χ1n) is 4.90. The van der Waals surface area contributed by atoms with E-state index in [4.69, 9.17) is 23.8 Å². The van der Waals surface area contributed by atoms with Crippen LogP contribution in [0.5, 0.6) is 0 Å². The summed E-state index contributed by atoms with van der Waals surface area (Å²) in [4.78, 5) is 0.791. The van der Waals surface area contributed by atoms with Crippen LogP contribution in [0.4, 0.5) is 0 Å². The Bertz CT molecular complexity index is 710. The zero-order valence-electron chi connectivity index (χ0n) is 8.55. The molecule has 0 aliphatic rings. The van der Waals surface area contributed by atoms with Crippen molar-refractivity contribution in [1.82, 2.24) is 19.8 Å². The number of hydrogen-bond donors (Lipinski definition) is 1. The fraction of sp³-hybridized carbons (Fsp3) is 0.100. The molecule has 0 unspecified atom stereocenters. The molecule has 0 amide bonds. The number of H-pyrrole nitrogens is 1. The van der Waals surface area contributed by atoms with Crippen LogP contribution in [0.15, 0.2) is 24.3 Å². The molecule has 0 radical (unpaired) electrons. The van der Waals surface area contributed by atoms with Gasteiger partial charge in [0.2, 0.25) is 9.73 Å². The van der Waals surface area contributed by atoms with Gasteiger partial charge in [0, 0.05) is 11.4 Å². The lowest BCUT2D eigenvalue weighted by Gasteiger charge is -1.96. The fourth-order valence-corrected chi connectivity index (χ4v) is 2.76. The Morgan fingerprint density at radius 2 is 2.12 bits per heavy atom. The smallest absolute Gasteiger partial charge is 0.233 e. The van der Waals surface area contributed by atoms with Crippen molar-refractivity contribution in [3.8, 4) is 0 Å². The van der Waals surface area contributed by atoms with Crippen LogP contribution in [0.1, 0.15) is 10.6 Å². The van der Waals surface area contributed by atoms with E-state index in [1.54, 1.807) is 4.52 Å². The van der Waals surface area contributed by atoms with Crippen LogP contribution in [0.25, 0.3) is 4.96 Å². The van der Waals surface area contributed by atoms with Gasteiger partial charge in [0.05, 0.1) is 0 Å². The lowest BCUT2D eigenvalue weighted by molar-refractivity contribution is 0.894. The molecule has 3 aromatic rings.